The summed E-state index contributed by atoms with van der Waals surface area (Å²) in [6.45, 7) is 7.95. The van der Waals surface area contributed by atoms with Gasteiger partial charge in [0.15, 0.2) is 0 Å². The molecule has 1 rings (SSSR count). The minimum atomic E-state index is -0.483. The number of hydrogen-bond donors (Lipinski definition) is 2. The maximum Gasteiger partial charge on any atom is 0.261 e. The van der Waals surface area contributed by atoms with Gasteiger partial charge in [0, 0.05) is 4.88 Å². The fraction of sp³-hybridized carbons (Fsp3) is 0.615. The Morgan fingerprint density at radius 2 is 2.00 bits per heavy atom. The van der Waals surface area contributed by atoms with Crippen LogP contribution in [0, 0.1) is 13.8 Å². The van der Waals surface area contributed by atoms with Crippen molar-refractivity contribution >= 4 is 17.2 Å². The van der Waals surface area contributed by atoms with Gasteiger partial charge in [0.25, 0.3) is 5.91 Å². The Bertz CT molecular complexity index is 366. The van der Waals surface area contributed by atoms with Crippen LogP contribution < -0.4 is 5.32 Å². The van der Waals surface area contributed by atoms with E-state index in [2.05, 4.69) is 5.32 Å². The van der Waals surface area contributed by atoms with Crippen molar-refractivity contribution < 1.29 is 9.90 Å². The van der Waals surface area contributed by atoms with Crippen LogP contribution in [-0.4, -0.2) is 23.2 Å². The van der Waals surface area contributed by atoms with Crippen LogP contribution in [0.1, 0.15) is 46.8 Å². The van der Waals surface area contributed by atoms with Gasteiger partial charge in [0.2, 0.25) is 0 Å². The number of amides is 1. The lowest BCUT2D eigenvalue weighted by Gasteiger charge is -2.30. The van der Waals surface area contributed by atoms with Crippen LogP contribution in [-0.2, 0) is 0 Å². The third-order valence-corrected chi connectivity index (χ3v) is 4.58. The van der Waals surface area contributed by atoms with Crippen molar-refractivity contribution in [3.63, 3.8) is 0 Å². The number of nitrogens with one attached hydrogen (secondary N) is 1. The van der Waals surface area contributed by atoms with Crippen molar-refractivity contribution in [2.45, 2.75) is 46.1 Å². The van der Waals surface area contributed by atoms with E-state index in [-0.39, 0.29) is 12.5 Å². The predicted octanol–water partition coefficient (Wildman–Crippen LogP) is 2.65. The third kappa shape index (κ3) is 3.07. The van der Waals surface area contributed by atoms with Crippen LogP contribution in [0.3, 0.4) is 0 Å². The molecule has 0 saturated carbocycles. The molecule has 0 unspecified atom stereocenters. The molecule has 4 heteroatoms. The highest BCUT2D eigenvalue weighted by molar-refractivity contribution is 7.14. The zero-order valence-electron chi connectivity index (χ0n) is 11.0. The first-order valence-electron chi connectivity index (χ1n) is 5.98. The molecule has 0 fully saturated rings. The quantitative estimate of drug-likeness (QED) is 0.849. The van der Waals surface area contributed by atoms with Crippen molar-refractivity contribution in [3.05, 3.63) is 21.4 Å². The molecule has 0 radical (unpaired) electrons. The fourth-order valence-electron chi connectivity index (χ4n) is 1.68. The lowest BCUT2D eigenvalue weighted by Crippen LogP contribution is -2.50. The first-order chi connectivity index (χ1) is 7.98. The normalized spacial score (nSPS) is 11.6. The topological polar surface area (TPSA) is 49.3 Å². The Kier molecular flexibility index (Phi) is 4.71. The fourth-order valence-corrected chi connectivity index (χ4v) is 2.61. The van der Waals surface area contributed by atoms with Gasteiger partial charge in [-0.15, -0.1) is 11.3 Å². The van der Waals surface area contributed by atoms with Crippen molar-refractivity contribution in [1.29, 1.82) is 0 Å². The van der Waals surface area contributed by atoms with Gasteiger partial charge in [-0.05, 0) is 38.3 Å². The number of aryl methyl sites for hydroxylation is 2. The van der Waals surface area contributed by atoms with E-state index < -0.39 is 5.54 Å². The molecule has 0 aromatic carbocycles. The number of thiophene rings is 1. The maximum atomic E-state index is 12.1. The second-order valence-corrected chi connectivity index (χ2v) is 5.71. The molecule has 0 atom stereocenters. The summed E-state index contributed by atoms with van der Waals surface area (Å²) in [5.41, 5.74) is 0.658. The SMILES string of the molecule is CCC(CC)(CO)NC(=O)c1cc(C)c(C)s1. The van der Waals surface area contributed by atoms with Crippen molar-refractivity contribution in [3.8, 4) is 0 Å². The molecule has 1 aromatic rings. The average molecular weight is 255 g/mol. The van der Waals surface area contributed by atoms with Gasteiger partial charge in [0.1, 0.15) is 0 Å². The van der Waals surface area contributed by atoms with Gasteiger partial charge in [-0.1, -0.05) is 13.8 Å². The van der Waals surface area contributed by atoms with Crippen molar-refractivity contribution in [1.82, 2.24) is 5.32 Å². The lowest BCUT2D eigenvalue weighted by molar-refractivity contribution is 0.0822. The number of aliphatic hydroxyl groups is 1. The van der Waals surface area contributed by atoms with E-state index in [0.29, 0.717) is 0 Å². The lowest BCUT2D eigenvalue weighted by atomic mass is 9.94. The van der Waals surface area contributed by atoms with Crippen LogP contribution >= 0.6 is 11.3 Å². The number of aliphatic hydroxyl groups excluding tert-OH is 1. The van der Waals surface area contributed by atoms with Crippen molar-refractivity contribution in [2.75, 3.05) is 6.61 Å². The van der Waals surface area contributed by atoms with Crippen LogP contribution in [0.2, 0.25) is 0 Å². The molecule has 0 aliphatic heterocycles. The van der Waals surface area contributed by atoms with Gasteiger partial charge in [-0.2, -0.15) is 0 Å². The number of hydrogen-bond acceptors (Lipinski definition) is 3. The van der Waals surface area contributed by atoms with E-state index in [9.17, 15) is 9.90 Å². The Balaban J connectivity index is 2.84. The van der Waals surface area contributed by atoms with E-state index >= 15 is 0 Å². The standard InChI is InChI=1S/C13H21NO2S/c1-5-13(6-2,8-15)14-12(16)11-7-9(3)10(4)17-11/h7,15H,5-6,8H2,1-4H3,(H,14,16). The van der Waals surface area contributed by atoms with E-state index in [0.717, 1.165) is 28.2 Å². The summed E-state index contributed by atoms with van der Waals surface area (Å²) >= 11 is 1.50. The minimum absolute atomic E-state index is 0.0188. The molecule has 17 heavy (non-hydrogen) atoms. The minimum Gasteiger partial charge on any atom is -0.394 e. The summed E-state index contributed by atoms with van der Waals surface area (Å²) in [5, 5.41) is 12.4. The largest absolute Gasteiger partial charge is 0.394 e. The Morgan fingerprint density at radius 1 is 1.41 bits per heavy atom. The second kappa shape index (κ2) is 5.65. The molecule has 1 amide bonds. The highest BCUT2D eigenvalue weighted by Gasteiger charge is 2.28. The number of rotatable bonds is 5. The summed E-state index contributed by atoms with van der Waals surface area (Å²) < 4.78 is 0. The van der Waals surface area contributed by atoms with Crippen LogP contribution in [0.5, 0.6) is 0 Å². The number of carbonyl (C=O) groups excluding carboxylic acids is 1. The third-order valence-electron chi connectivity index (χ3n) is 3.42. The Hall–Kier alpha value is -0.870. The molecule has 0 aliphatic rings. The molecule has 0 saturated heterocycles. The Labute approximate surface area is 107 Å². The summed E-state index contributed by atoms with van der Waals surface area (Å²) in [6, 6.07) is 1.91. The van der Waals surface area contributed by atoms with Gasteiger partial charge in [-0.25, -0.2) is 0 Å². The van der Waals surface area contributed by atoms with E-state index in [1.165, 1.54) is 11.3 Å². The molecule has 96 valence electrons. The molecule has 0 spiro atoms. The summed E-state index contributed by atoms with van der Waals surface area (Å²) in [7, 11) is 0. The first kappa shape index (κ1) is 14.2. The highest BCUT2D eigenvalue weighted by atomic mass is 32.1. The predicted molar refractivity (Wildman–Crippen MR) is 71.7 cm³/mol. The smallest absolute Gasteiger partial charge is 0.261 e. The average Bonchev–Trinajstić information content (AvgIpc) is 2.67. The van der Waals surface area contributed by atoms with Gasteiger partial charge in [0.05, 0.1) is 17.0 Å². The molecule has 0 bridgehead atoms. The maximum absolute atomic E-state index is 12.1. The molecule has 3 nitrogen and oxygen atoms in total. The zero-order chi connectivity index (χ0) is 13.1. The Morgan fingerprint density at radius 3 is 2.35 bits per heavy atom. The van der Waals surface area contributed by atoms with E-state index in [1.54, 1.807) is 0 Å². The van der Waals surface area contributed by atoms with Crippen molar-refractivity contribution in [2.24, 2.45) is 0 Å². The summed E-state index contributed by atoms with van der Waals surface area (Å²) in [4.78, 5) is 14.0. The van der Waals surface area contributed by atoms with E-state index in [4.69, 9.17) is 0 Å². The van der Waals surface area contributed by atoms with E-state index in [1.807, 2.05) is 33.8 Å². The monoisotopic (exact) mass is 255 g/mol. The summed E-state index contributed by atoms with van der Waals surface area (Å²) in [5.74, 6) is -0.0797. The molecule has 1 aromatic heterocycles. The van der Waals surface area contributed by atoms with Crippen LogP contribution in [0.4, 0.5) is 0 Å². The molecule has 2 N–H and O–H groups in total. The van der Waals surface area contributed by atoms with Gasteiger partial charge in [-0.3, -0.25) is 4.79 Å². The summed E-state index contributed by atoms with van der Waals surface area (Å²) in [6.07, 6.45) is 1.46. The van der Waals surface area contributed by atoms with Gasteiger partial charge >= 0.3 is 0 Å². The molecular weight excluding hydrogens is 234 g/mol. The number of carbonyl (C=O) groups is 1. The molecule has 0 aliphatic carbocycles. The molecule has 1 heterocycles. The zero-order valence-corrected chi connectivity index (χ0v) is 11.8. The molecular formula is C13H21NO2S. The highest BCUT2D eigenvalue weighted by Crippen LogP contribution is 2.22. The van der Waals surface area contributed by atoms with Gasteiger partial charge < -0.3 is 10.4 Å². The second-order valence-electron chi connectivity index (χ2n) is 4.45. The first-order valence-corrected chi connectivity index (χ1v) is 6.80. The van der Waals surface area contributed by atoms with Crippen LogP contribution in [0.15, 0.2) is 6.07 Å². The van der Waals surface area contributed by atoms with Crippen LogP contribution in [0.25, 0.3) is 0 Å².